The van der Waals surface area contributed by atoms with E-state index < -0.39 is 0 Å². The normalized spacial score (nSPS) is 10.4. The van der Waals surface area contributed by atoms with Crippen molar-refractivity contribution >= 4 is 11.0 Å². The fourth-order valence-corrected chi connectivity index (χ4v) is 2.06. The van der Waals surface area contributed by atoms with Gasteiger partial charge in [0.25, 0.3) is 0 Å². The van der Waals surface area contributed by atoms with E-state index in [0.717, 1.165) is 6.07 Å². The van der Waals surface area contributed by atoms with Gasteiger partial charge < -0.3 is 25.5 Å². The Kier molecular flexibility index (Phi) is 4.83. The summed E-state index contributed by atoms with van der Waals surface area (Å²) in [5.74, 6) is -1.30. The minimum atomic E-state index is -0.360. The van der Waals surface area contributed by atoms with Gasteiger partial charge in [-0.1, -0.05) is 0 Å². The molecule has 22 heavy (non-hydrogen) atoms. The number of hydrogen-bond acceptors (Lipinski definition) is 5. The summed E-state index contributed by atoms with van der Waals surface area (Å²) < 4.78 is 5.47. The number of phenols is 4. The van der Waals surface area contributed by atoms with Crippen LogP contribution in [0.3, 0.4) is 0 Å². The number of phenolic OH excluding ortho intramolecular Hbond substituents is 4. The van der Waals surface area contributed by atoms with Crippen LogP contribution in [0, 0.1) is 0 Å². The van der Waals surface area contributed by atoms with Crippen molar-refractivity contribution in [2.45, 2.75) is 0 Å². The third-order valence-electron chi connectivity index (χ3n) is 3.07. The van der Waals surface area contributed by atoms with Gasteiger partial charge in [0, 0.05) is 18.2 Å². The molecular weight excluding hydrogens is 315 g/mol. The molecule has 0 amide bonds. The Hall–Kier alpha value is -1.51. The van der Waals surface area contributed by atoms with Crippen LogP contribution < -0.4 is 51.4 Å². The second-order valence-corrected chi connectivity index (χ2v) is 4.54. The van der Waals surface area contributed by atoms with E-state index in [0.29, 0.717) is 5.56 Å². The van der Waals surface area contributed by atoms with Crippen molar-refractivity contribution in [3.05, 3.63) is 36.4 Å². The molecule has 0 radical (unpaired) electrons. The SMILES string of the molecule is Oc1cc(O)c2cc(O)c(-c3ccc(O)c(O)c3)[o+]c2c1.[K+]. The zero-order chi connectivity index (χ0) is 15.1. The molecule has 3 rings (SSSR count). The average molecular weight is 326 g/mol. The van der Waals surface area contributed by atoms with Crippen molar-refractivity contribution < 1.29 is 81.3 Å². The summed E-state index contributed by atoms with van der Waals surface area (Å²) in [6.07, 6.45) is 0. The Labute approximate surface area is 167 Å². The molecule has 7 heteroatoms. The maximum atomic E-state index is 10.0. The minimum Gasteiger partial charge on any atom is -0.507 e. The molecule has 0 saturated heterocycles. The molecule has 1 aromatic heterocycles. The molecule has 0 atom stereocenters. The van der Waals surface area contributed by atoms with Crippen molar-refractivity contribution in [1.29, 1.82) is 0 Å². The smallest absolute Gasteiger partial charge is 0.507 e. The van der Waals surface area contributed by atoms with Gasteiger partial charge in [0.05, 0.1) is 11.6 Å². The van der Waals surface area contributed by atoms with Gasteiger partial charge in [-0.05, 0) is 12.1 Å². The maximum absolute atomic E-state index is 10.0. The van der Waals surface area contributed by atoms with Crippen LogP contribution in [0.4, 0.5) is 0 Å². The Balaban J connectivity index is 0.00000176. The third kappa shape index (κ3) is 2.99. The Bertz CT molecular complexity index is 862. The standard InChI is InChI=1S/C15H10O6.K/c16-8-4-11(18)9-6-13(20)15(21-14(9)5-8)7-1-2-10(17)12(19)3-7;/h1-6H,(H4-,16,17,18,19,20);/q;+1/p+1. The van der Waals surface area contributed by atoms with Gasteiger partial charge in [-0.3, -0.25) is 0 Å². The summed E-state index contributed by atoms with van der Waals surface area (Å²) in [6, 6.07) is 7.63. The van der Waals surface area contributed by atoms with E-state index in [9.17, 15) is 25.5 Å². The van der Waals surface area contributed by atoms with Gasteiger partial charge in [0.15, 0.2) is 11.5 Å². The summed E-state index contributed by atoms with van der Waals surface area (Å²) >= 11 is 0. The van der Waals surface area contributed by atoms with Crippen molar-refractivity contribution in [3.8, 4) is 40.1 Å². The fraction of sp³-hybridized carbons (Fsp3) is 0. The van der Waals surface area contributed by atoms with Crippen molar-refractivity contribution in [3.63, 3.8) is 0 Å². The number of fused-ring (bicyclic) bond motifs is 1. The van der Waals surface area contributed by atoms with E-state index in [1.807, 2.05) is 0 Å². The molecule has 6 nitrogen and oxygen atoms in total. The van der Waals surface area contributed by atoms with Gasteiger partial charge >= 0.3 is 62.7 Å². The zero-order valence-corrected chi connectivity index (χ0v) is 14.7. The first-order valence-electron chi connectivity index (χ1n) is 6.00. The van der Waals surface area contributed by atoms with Gasteiger partial charge in [0.2, 0.25) is 5.75 Å². The van der Waals surface area contributed by atoms with E-state index in [-0.39, 0.29) is 96.9 Å². The molecule has 0 spiro atoms. The molecule has 0 saturated carbocycles. The minimum absolute atomic E-state index is 0. The second-order valence-electron chi connectivity index (χ2n) is 4.54. The van der Waals surface area contributed by atoms with Crippen LogP contribution in [0.2, 0.25) is 0 Å². The van der Waals surface area contributed by atoms with Crippen LogP contribution in [0.25, 0.3) is 22.3 Å². The monoisotopic (exact) mass is 326 g/mol. The Morgan fingerprint density at radius 3 is 2.09 bits per heavy atom. The predicted octanol–water partition coefficient (Wildman–Crippen LogP) is -0.0871. The van der Waals surface area contributed by atoms with Gasteiger partial charge in [-0.2, -0.15) is 0 Å². The molecule has 2 aromatic carbocycles. The molecule has 0 fully saturated rings. The quantitative estimate of drug-likeness (QED) is 0.243. The largest absolute Gasteiger partial charge is 1.00 e. The van der Waals surface area contributed by atoms with Crippen molar-refractivity contribution in [1.82, 2.24) is 0 Å². The molecule has 106 valence electrons. The molecule has 0 bridgehead atoms. The van der Waals surface area contributed by atoms with E-state index >= 15 is 0 Å². The van der Waals surface area contributed by atoms with E-state index in [2.05, 4.69) is 0 Å². The second kappa shape index (κ2) is 6.31. The molecular formula is C15H11KO6+2. The van der Waals surface area contributed by atoms with Gasteiger partial charge in [-0.15, -0.1) is 0 Å². The number of benzene rings is 2. The first-order chi connectivity index (χ1) is 9.95. The molecule has 3 aromatic rings. The van der Waals surface area contributed by atoms with Crippen molar-refractivity contribution in [2.24, 2.45) is 0 Å². The molecule has 5 N–H and O–H groups in total. The van der Waals surface area contributed by atoms with Crippen LogP contribution in [-0.2, 0) is 0 Å². The Morgan fingerprint density at radius 1 is 0.682 bits per heavy atom. The van der Waals surface area contributed by atoms with Crippen molar-refractivity contribution in [2.75, 3.05) is 0 Å². The van der Waals surface area contributed by atoms with Gasteiger partial charge in [0.1, 0.15) is 16.9 Å². The topological polar surface area (TPSA) is 112 Å². The van der Waals surface area contributed by atoms with E-state index in [1.165, 1.54) is 30.3 Å². The van der Waals surface area contributed by atoms with Crippen LogP contribution >= 0.6 is 0 Å². The summed E-state index contributed by atoms with van der Waals surface area (Å²) in [5, 5.41) is 48.2. The first-order valence-corrected chi connectivity index (χ1v) is 6.00. The summed E-state index contributed by atoms with van der Waals surface area (Å²) in [6.45, 7) is 0. The third-order valence-corrected chi connectivity index (χ3v) is 3.07. The predicted molar refractivity (Wildman–Crippen MR) is 74.4 cm³/mol. The molecule has 0 aliphatic carbocycles. The van der Waals surface area contributed by atoms with E-state index in [1.54, 1.807) is 0 Å². The maximum Gasteiger partial charge on any atom is 1.00 e. The molecule has 1 heterocycles. The average Bonchev–Trinajstić information content (AvgIpc) is 2.42. The van der Waals surface area contributed by atoms with Crippen LogP contribution in [0.1, 0.15) is 0 Å². The molecule has 0 unspecified atom stereocenters. The summed E-state index contributed by atoms with van der Waals surface area (Å²) in [4.78, 5) is 0. The number of rotatable bonds is 1. The zero-order valence-electron chi connectivity index (χ0n) is 11.6. The number of hydrogen-bond donors (Lipinski definition) is 5. The fourth-order valence-electron chi connectivity index (χ4n) is 2.06. The summed E-state index contributed by atoms with van der Waals surface area (Å²) in [5.41, 5.74) is 0.486. The first kappa shape index (κ1) is 16.9. The summed E-state index contributed by atoms with van der Waals surface area (Å²) in [7, 11) is 0. The van der Waals surface area contributed by atoms with E-state index in [4.69, 9.17) is 4.42 Å². The molecule has 0 aliphatic rings. The van der Waals surface area contributed by atoms with Crippen LogP contribution in [0.15, 0.2) is 40.8 Å². The van der Waals surface area contributed by atoms with Gasteiger partial charge in [-0.25, -0.2) is 4.42 Å². The number of aromatic hydroxyl groups is 5. The van der Waals surface area contributed by atoms with Crippen LogP contribution in [0.5, 0.6) is 28.7 Å². The Morgan fingerprint density at radius 2 is 1.41 bits per heavy atom. The van der Waals surface area contributed by atoms with Crippen LogP contribution in [-0.4, -0.2) is 25.5 Å². The molecule has 0 aliphatic heterocycles.